The van der Waals surface area contributed by atoms with Crippen LogP contribution in [0.25, 0.3) is 0 Å². The van der Waals surface area contributed by atoms with Crippen LogP contribution in [0.2, 0.25) is 0 Å². The molecule has 0 saturated heterocycles. The largest absolute Gasteiger partial charge is 0.489 e. The Labute approximate surface area is 65.0 Å². The zero-order valence-electron chi connectivity index (χ0n) is 5.67. The van der Waals surface area contributed by atoms with E-state index in [1.807, 2.05) is 0 Å². The van der Waals surface area contributed by atoms with E-state index in [0.717, 1.165) is 12.1 Å². The van der Waals surface area contributed by atoms with Crippen LogP contribution in [0, 0.1) is 0 Å². The van der Waals surface area contributed by atoms with Crippen molar-refractivity contribution in [2.45, 2.75) is 6.30 Å². The first kappa shape index (κ1) is 8.63. The molecule has 1 rings (SSSR count). The summed E-state index contributed by atoms with van der Waals surface area (Å²) in [6.07, 6.45) is -4.01. The van der Waals surface area contributed by atoms with E-state index in [1.165, 1.54) is 0 Å². The van der Waals surface area contributed by atoms with E-state index in [0.29, 0.717) is 6.20 Å². The van der Waals surface area contributed by atoms with Gasteiger partial charge in [-0.1, -0.05) is 0 Å². The minimum Gasteiger partial charge on any atom is -0.477 e. The fraction of sp³-hybridized carbons (Fsp3) is 0.167. The number of nitrogens with zero attached hydrogens (tertiary/aromatic N) is 1. The third-order valence-corrected chi connectivity index (χ3v) is 1.24. The van der Waals surface area contributed by atoms with Gasteiger partial charge in [0.25, 0.3) is 0 Å². The SMILES string of the molecule is O=C(O)c1cccn1C(F)(F)F. The standard InChI is InChI=1S/C6H4F3NO2/c7-6(8,9)10-3-1-2-4(10)5(11)12/h1-3H,(H,11,12). The highest BCUT2D eigenvalue weighted by atomic mass is 19.4. The van der Waals surface area contributed by atoms with Crippen LogP contribution in [0.15, 0.2) is 18.3 Å². The molecule has 0 aliphatic rings. The quantitative estimate of drug-likeness (QED) is 0.712. The summed E-state index contributed by atoms with van der Waals surface area (Å²) in [5, 5.41) is 8.30. The lowest BCUT2D eigenvalue weighted by Gasteiger charge is -2.09. The molecular formula is C6H4F3NO2. The number of carboxylic acid groups (broad SMARTS) is 1. The Balaban J connectivity index is 3.17. The van der Waals surface area contributed by atoms with Gasteiger partial charge in [-0.25, -0.2) is 4.79 Å². The molecule has 0 fully saturated rings. The predicted molar refractivity (Wildman–Crippen MR) is 32.7 cm³/mol. The maximum atomic E-state index is 11.9. The van der Waals surface area contributed by atoms with Crippen molar-refractivity contribution in [2.75, 3.05) is 0 Å². The van der Waals surface area contributed by atoms with Gasteiger partial charge >= 0.3 is 12.3 Å². The Kier molecular flexibility index (Phi) is 1.83. The Morgan fingerprint density at radius 2 is 2.08 bits per heavy atom. The Morgan fingerprint density at radius 3 is 2.42 bits per heavy atom. The summed E-state index contributed by atoms with van der Waals surface area (Å²) in [6, 6.07) is 1.91. The fourth-order valence-electron chi connectivity index (χ4n) is 0.776. The number of carbonyl (C=O) groups is 1. The number of hydrogen-bond acceptors (Lipinski definition) is 1. The molecule has 0 atom stereocenters. The summed E-state index contributed by atoms with van der Waals surface area (Å²) >= 11 is 0. The van der Waals surface area contributed by atoms with E-state index in [1.54, 1.807) is 0 Å². The molecule has 0 aliphatic heterocycles. The molecule has 6 heteroatoms. The highest BCUT2D eigenvalue weighted by Crippen LogP contribution is 2.24. The fourth-order valence-corrected chi connectivity index (χ4v) is 0.776. The lowest BCUT2D eigenvalue weighted by atomic mass is 10.4. The summed E-state index contributed by atoms with van der Waals surface area (Å²) in [5.41, 5.74) is -0.789. The number of carboxylic acids is 1. The van der Waals surface area contributed by atoms with Crippen molar-refractivity contribution in [3.63, 3.8) is 0 Å². The summed E-state index contributed by atoms with van der Waals surface area (Å²) in [6.45, 7) is 0. The number of aromatic nitrogens is 1. The van der Waals surface area contributed by atoms with E-state index in [4.69, 9.17) is 5.11 Å². The van der Waals surface area contributed by atoms with Gasteiger partial charge in [-0.15, -0.1) is 13.2 Å². The number of alkyl halides is 3. The van der Waals surface area contributed by atoms with Crippen LogP contribution in [0.1, 0.15) is 10.5 Å². The molecule has 0 radical (unpaired) electrons. The van der Waals surface area contributed by atoms with Crippen molar-refractivity contribution in [2.24, 2.45) is 0 Å². The topological polar surface area (TPSA) is 42.2 Å². The molecule has 0 aliphatic carbocycles. The highest BCUT2D eigenvalue weighted by molar-refractivity contribution is 5.85. The van der Waals surface area contributed by atoms with Crippen molar-refractivity contribution < 1.29 is 23.1 Å². The third-order valence-electron chi connectivity index (χ3n) is 1.24. The normalized spacial score (nSPS) is 11.6. The summed E-state index contributed by atoms with van der Waals surface area (Å²) in [5.74, 6) is -1.60. The van der Waals surface area contributed by atoms with E-state index < -0.39 is 18.0 Å². The zero-order valence-corrected chi connectivity index (χ0v) is 5.67. The first-order valence-corrected chi connectivity index (χ1v) is 2.91. The lowest BCUT2D eigenvalue weighted by molar-refractivity contribution is -0.204. The van der Waals surface area contributed by atoms with Gasteiger partial charge in [0.05, 0.1) is 0 Å². The first-order valence-electron chi connectivity index (χ1n) is 2.91. The van der Waals surface area contributed by atoms with Crippen LogP contribution in [-0.2, 0) is 6.30 Å². The molecule has 0 bridgehead atoms. The van der Waals surface area contributed by atoms with E-state index >= 15 is 0 Å². The molecule has 0 aromatic carbocycles. The van der Waals surface area contributed by atoms with Crippen molar-refractivity contribution in [3.8, 4) is 0 Å². The summed E-state index contributed by atoms with van der Waals surface area (Å²) in [4.78, 5) is 10.2. The van der Waals surface area contributed by atoms with E-state index in [9.17, 15) is 18.0 Å². The van der Waals surface area contributed by atoms with Gasteiger partial charge in [-0.2, -0.15) is 0 Å². The predicted octanol–water partition coefficient (Wildman–Crippen LogP) is 1.66. The average molecular weight is 179 g/mol. The van der Waals surface area contributed by atoms with Gasteiger partial charge in [-0.3, -0.25) is 4.57 Å². The second kappa shape index (κ2) is 2.54. The second-order valence-electron chi connectivity index (χ2n) is 2.04. The van der Waals surface area contributed by atoms with Gasteiger partial charge in [-0.05, 0) is 12.1 Å². The van der Waals surface area contributed by atoms with Crippen molar-refractivity contribution in [3.05, 3.63) is 24.0 Å². The van der Waals surface area contributed by atoms with Crippen LogP contribution in [0.3, 0.4) is 0 Å². The molecule has 0 unspecified atom stereocenters. The van der Waals surface area contributed by atoms with Crippen molar-refractivity contribution >= 4 is 5.97 Å². The molecule has 1 aromatic heterocycles. The van der Waals surface area contributed by atoms with Crippen LogP contribution in [-0.4, -0.2) is 15.6 Å². The molecular weight excluding hydrogens is 175 g/mol. The maximum Gasteiger partial charge on any atom is 0.489 e. The maximum absolute atomic E-state index is 11.9. The van der Waals surface area contributed by atoms with Crippen LogP contribution in [0.4, 0.5) is 13.2 Å². The smallest absolute Gasteiger partial charge is 0.477 e. The van der Waals surface area contributed by atoms with Gasteiger partial charge in [0.2, 0.25) is 0 Å². The highest BCUT2D eigenvalue weighted by Gasteiger charge is 2.33. The van der Waals surface area contributed by atoms with E-state index in [2.05, 4.69) is 0 Å². The molecule has 1 N–H and O–H groups in total. The number of hydrogen-bond donors (Lipinski definition) is 1. The van der Waals surface area contributed by atoms with Crippen LogP contribution in [0.5, 0.6) is 0 Å². The molecule has 0 saturated carbocycles. The molecule has 1 aromatic rings. The number of rotatable bonds is 1. The summed E-state index contributed by atoms with van der Waals surface area (Å²) in [7, 11) is 0. The van der Waals surface area contributed by atoms with Gasteiger partial charge < -0.3 is 5.11 Å². The third kappa shape index (κ3) is 1.41. The van der Waals surface area contributed by atoms with Gasteiger partial charge in [0, 0.05) is 6.20 Å². The van der Waals surface area contributed by atoms with Crippen LogP contribution < -0.4 is 0 Å². The molecule has 66 valence electrons. The monoisotopic (exact) mass is 179 g/mol. The molecule has 0 spiro atoms. The zero-order chi connectivity index (χ0) is 9.35. The molecule has 12 heavy (non-hydrogen) atoms. The Morgan fingerprint density at radius 1 is 1.50 bits per heavy atom. The molecule has 0 amide bonds. The van der Waals surface area contributed by atoms with Crippen molar-refractivity contribution in [1.82, 2.24) is 4.57 Å². The van der Waals surface area contributed by atoms with Crippen molar-refractivity contribution in [1.29, 1.82) is 0 Å². The lowest BCUT2D eigenvalue weighted by Crippen LogP contribution is -2.20. The first-order chi connectivity index (χ1) is 5.43. The van der Waals surface area contributed by atoms with Crippen LogP contribution >= 0.6 is 0 Å². The number of aromatic carboxylic acids is 1. The summed E-state index contributed by atoms with van der Waals surface area (Å²) < 4.78 is 35.6. The minimum atomic E-state index is -4.67. The minimum absolute atomic E-state index is 0.255. The van der Waals surface area contributed by atoms with Gasteiger partial charge in [0.15, 0.2) is 0 Å². The molecule has 3 nitrogen and oxygen atoms in total. The second-order valence-corrected chi connectivity index (χ2v) is 2.04. The van der Waals surface area contributed by atoms with Gasteiger partial charge in [0.1, 0.15) is 5.69 Å². The Hall–Kier alpha value is -1.46. The average Bonchev–Trinajstić information content (AvgIpc) is 2.30. The number of halogens is 3. The Bertz CT molecular complexity index is 302. The molecule has 1 heterocycles. The van der Waals surface area contributed by atoms with E-state index in [-0.39, 0.29) is 4.57 Å².